The smallest absolute Gasteiger partial charge is 0.252 e. The van der Waals surface area contributed by atoms with Crippen LogP contribution < -0.4 is 10.6 Å². The third kappa shape index (κ3) is 2.66. The molecule has 0 aliphatic carbocycles. The molecule has 0 saturated carbocycles. The molecular formula is C11H13BrN2O3. The highest BCUT2D eigenvalue weighted by atomic mass is 79.9. The third-order valence-electron chi connectivity index (χ3n) is 2.67. The maximum absolute atomic E-state index is 11.4. The molecule has 1 heterocycles. The lowest BCUT2D eigenvalue weighted by Gasteiger charge is -2.26. The van der Waals surface area contributed by atoms with E-state index in [1.807, 2.05) is 0 Å². The molecular weight excluding hydrogens is 288 g/mol. The standard InChI is InChI=1S/C11H13BrN2O3/c12-8-4-2-1-3-7(8)11(16,17)14-9-5-6-13-10(9)15/h1-4,9,14,16-17H,5-6H2,(H,13,15)/t9-/m0/s1. The highest BCUT2D eigenvalue weighted by molar-refractivity contribution is 9.10. The van der Waals surface area contributed by atoms with E-state index in [-0.39, 0.29) is 11.5 Å². The Morgan fingerprint density at radius 1 is 1.41 bits per heavy atom. The summed E-state index contributed by atoms with van der Waals surface area (Å²) in [5.74, 6) is -2.45. The quantitative estimate of drug-likeness (QED) is 0.593. The fourth-order valence-electron chi connectivity index (χ4n) is 1.80. The zero-order valence-corrected chi connectivity index (χ0v) is 10.6. The van der Waals surface area contributed by atoms with Gasteiger partial charge in [0.05, 0.1) is 6.04 Å². The van der Waals surface area contributed by atoms with Crippen molar-refractivity contribution in [1.29, 1.82) is 0 Å². The van der Waals surface area contributed by atoms with Gasteiger partial charge >= 0.3 is 0 Å². The zero-order valence-electron chi connectivity index (χ0n) is 8.98. The molecule has 1 aliphatic heterocycles. The first kappa shape index (κ1) is 12.5. The van der Waals surface area contributed by atoms with Gasteiger partial charge in [-0.15, -0.1) is 0 Å². The Balaban J connectivity index is 2.18. The molecule has 1 fully saturated rings. The summed E-state index contributed by atoms with van der Waals surface area (Å²) in [4.78, 5) is 11.4. The Bertz CT molecular complexity index is 436. The number of hydrogen-bond acceptors (Lipinski definition) is 4. The second-order valence-electron chi connectivity index (χ2n) is 3.93. The van der Waals surface area contributed by atoms with Gasteiger partial charge in [-0.2, -0.15) is 0 Å². The van der Waals surface area contributed by atoms with E-state index in [0.29, 0.717) is 17.4 Å². The number of nitrogens with one attached hydrogen (secondary N) is 2. The molecule has 5 nitrogen and oxygen atoms in total. The molecule has 0 bridgehead atoms. The molecule has 0 spiro atoms. The van der Waals surface area contributed by atoms with Crippen LogP contribution in [0.3, 0.4) is 0 Å². The first-order valence-electron chi connectivity index (χ1n) is 5.26. The predicted molar refractivity (Wildman–Crippen MR) is 64.8 cm³/mol. The fourth-order valence-corrected chi connectivity index (χ4v) is 2.36. The Morgan fingerprint density at radius 2 is 2.12 bits per heavy atom. The molecule has 1 amide bonds. The number of rotatable bonds is 3. The van der Waals surface area contributed by atoms with Crippen LogP contribution in [0.1, 0.15) is 12.0 Å². The van der Waals surface area contributed by atoms with Crippen molar-refractivity contribution in [2.45, 2.75) is 18.4 Å². The second kappa shape index (κ2) is 4.73. The fraction of sp³-hybridized carbons (Fsp3) is 0.364. The molecule has 2 rings (SSSR count). The summed E-state index contributed by atoms with van der Waals surface area (Å²) in [7, 11) is 0. The number of carbonyl (C=O) groups excluding carboxylic acids is 1. The van der Waals surface area contributed by atoms with Crippen molar-refractivity contribution < 1.29 is 15.0 Å². The summed E-state index contributed by atoms with van der Waals surface area (Å²) >= 11 is 3.24. The van der Waals surface area contributed by atoms with Crippen LogP contribution in [0.4, 0.5) is 0 Å². The van der Waals surface area contributed by atoms with Crippen molar-refractivity contribution >= 4 is 21.8 Å². The van der Waals surface area contributed by atoms with Crippen LogP contribution in [0.5, 0.6) is 0 Å². The lowest BCUT2D eigenvalue weighted by atomic mass is 10.1. The van der Waals surface area contributed by atoms with Crippen LogP contribution in [-0.2, 0) is 10.7 Å². The minimum Gasteiger partial charge on any atom is -0.355 e. The van der Waals surface area contributed by atoms with Gasteiger partial charge in [0.1, 0.15) is 0 Å². The number of halogens is 1. The van der Waals surface area contributed by atoms with E-state index in [1.54, 1.807) is 24.3 Å². The first-order valence-corrected chi connectivity index (χ1v) is 6.05. The summed E-state index contributed by atoms with van der Waals surface area (Å²) in [6.07, 6.45) is 0.534. The number of carbonyl (C=O) groups is 1. The van der Waals surface area contributed by atoms with Crippen molar-refractivity contribution in [1.82, 2.24) is 10.6 Å². The minimum atomic E-state index is -2.23. The van der Waals surface area contributed by atoms with Gasteiger partial charge in [0, 0.05) is 16.6 Å². The van der Waals surface area contributed by atoms with Gasteiger partial charge in [-0.05, 0) is 12.5 Å². The Hall–Kier alpha value is -0.950. The zero-order chi connectivity index (χ0) is 12.5. The largest absolute Gasteiger partial charge is 0.355 e. The van der Waals surface area contributed by atoms with Crippen molar-refractivity contribution in [3.8, 4) is 0 Å². The van der Waals surface area contributed by atoms with Crippen LogP contribution in [-0.4, -0.2) is 28.7 Å². The molecule has 0 radical (unpaired) electrons. The minimum absolute atomic E-state index is 0.218. The van der Waals surface area contributed by atoms with Gasteiger partial charge in [-0.1, -0.05) is 34.1 Å². The number of aliphatic hydroxyl groups is 2. The predicted octanol–water partition coefficient (Wildman–Crippen LogP) is 0.0221. The van der Waals surface area contributed by atoms with Gasteiger partial charge in [-0.25, -0.2) is 0 Å². The summed E-state index contributed by atoms with van der Waals surface area (Å²) in [6, 6.07) is 6.15. The lowest BCUT2D eigenvalue weighted by Crippen LogP contribution is -2.50. The Morgan fingerprint density at radius 3 is 2.71 bits per heavy atom. The van der Waals surface area contributed by atoms with Crippen molar-refractivity contribution in [3.05, 3.63) is 34.3 Å². The van der Waals surface area contributed by atoms with E-state index < -0.39 is 12.0 Å². The molecule has 6 heteroatoms. The molecule has 4 N–H and O–H groups in total. The van der Waals surface area contributed by atoms with Gasteiger partial charge < -0.3 is 15.5 Å². The van der Waals surface area contributed by atoms with Gasteiger partial charge in [0.25, 0.3) is 5.91 Å². The SMILES string of the molecule is O=C1NCC[C@@H]1NC(O)(O)c1ccccc1Br. The van der Waals surface area contributed by atoms with E-state index in [0.717, 1.165) is 0 Å². The molecule has 1 saturated heterocycles. The van der Waals surface area contributed by atoms with E-state index in [1.165, 1.54) is 0 Å². The van der Waals surface area contributed by atoms with E-state index in [9.17, 15) is 15.0 Å². The number of hydrogen-bond donors (Lipinski definition) is 4. The average molecular weight is 301 g/mol. The van der Waals surface area contributed by atoms with Crippen LogP contribution in [0.2, 0.25) is 0 Å². The first-order chi connectivity index (χ1) is 8.00. The molecule has 17 heavy (non-hydrogen) atoms. The van der Waals surface area contributed by atoms with Crippen LogP contribution in [0.15, 0.2) is 28.7 Å². The maximum Gasteiger partial charge on any atom is 0.252 e. The van der Waals surface area contributed by atoms with Crippen molar-refractivity contribution in [2.24, 2.45) is 0 Å². The van der Waals surface area contributed by atoms with Crippen LogP contribution >= 0.6 is 15.9 Å². The Kier molecular flexibility index (Phi) is 3.48. The van der Waals surface area contributed by atoms with Gasteiger partial charge in [0.15, 0.2) is 0 Å². The summed E-state index contributed by atoms with van der Waals surface area (Å²) in [6.45, 7) is 0.544. The average Bonchev–Trinajstić information content (AvgIpc) is 2.64. The molecule has 0 unspecified atom stereocenters. The Labute approximate surface area is 107 Å². The van der Waals surface area contributed by atoms with E-state index in [2.05, 4.69) is 26.6 Å². The third-order valence-corrected chi connectivity index (χ3v) is 3.37. The van der Waals surface area contributed by atoms with Crippen molar-refractivity contribution in [2.75, 3.05) is 6.54 Å². The molecule has 1 aromatic rings. The van der Waals surface area contributed by atoms with Gasteiger partial charge in [0.2, 0.25) is 5.91 Å². The van der Waals surface area contributed by atoms with E-state index >= 15 is 0 Å². The topological polar surface area (TPSA) is 81.6 Å². The summed E-state index contributed by atoms with van der Waals surface area (Å²) < 4.78 is 0.566. The van der Waals surface area contributed by atoms with Crippen molar-refractivity contribution in [3.63, 3.8) is 0 Å². The van der Waals surface area contributed by atoms with Gasteiger partial charge in [-0.3, -0.25) is 10.1 Å². The summed E-state index contributed by atoms with van der Waals surface area (Å²) in [5.41, 5.74) is 0.278. The monoisotopic (exact) mass is 300 g/mol. The highest BCUT2D eigenvalue weighted by Gasteiger charge is 2.35. The normalized spacial score (nSPS) is 20.4. The molecule has 0 aromatic heterocycles. The highest BCUT2D eigenvalue weighted by Crippen LogP contribution is 2.25. The van der Waals surface area contributed by atoms with E-state index in [4.69, 9.17) is 0 Å². The van der Waals surface area contributed by atoms with Crippen LogP contribution in [0.25, 0.3) is 0 Å². The molecule has 92 valence electrons. The number of benzene rings is 1. The number of amides is 1. The molecule has 1 aliphatic rings. The lowest BCUT2D eigenvalue weighted by molar-refractivity contribution is -0.201. The molecule has 1 atom stereocenters. The summed E-state index contributed by atoms with van der Waals surface area (Å²) in [5, 5.41) is 25.1. The molecule has 1 aromatic carbocycles. The maximum atomic E-state index is 11.4. The second-order valence-corrected chi connectivity index (χ2v) is 4.78. The van der Waals surface area contributed by atoms with Crippen LogP contribution in [0, 0.1) is 0 Å².